The Morgan fingerprint density at radius 2 is 1.89 bits per heavy atom. The molecular formula is C12H17NO5S. The van der Waals surface area contributed by atoms with Crippen molar-refractivity contribution in [3.8, 4) is 5.75 Å². The fraction of sp³-hybridized carbons (Fsp3) is 0.417. The topological polar surface area (TPSA) is 95.7 Å². The summed E-state index contributed by atoms with van der Waals surface area (Å²) in [5, 5.41) is 0. The average Bonchev–Trinajstić information content (AvgIpc) is 2.37. The zero-order valence-electron chi connectivity index (χ0n) is 10.8. The predicted octanol–water partition coefficient (Wildman–Crippen LogP) is 0.912. The van der Waals surface area contributed by atoms with E-state index >= 15 is 0 Å². The molecular weight excluding hydrogens is 270 g/mol. The fourth-order valence-electron chi connectivity index (χ4n) is 1.31. The van der Waals surface area contributed by atoms with Gasteiger partial charge in [-0.3, -0.25) is 4.79 Å². The van der Waals surface area contributed by atoms with Gasteiger partial charge in [-0.1, -0.05) is 6.92 Å². The van der Waals surface area contributed by atoms with Gasteiger partial charge in [0.1, 0.15) is 10.6 Å². The molecule has 0 aliphatic rings. The molecule has 7 heteroatoms. The van der Waals surface area contributed by atoms with Gasteiger partial charge < -0.3 is 14.7 Å². The molecule has 106 valence electrons. The summed E-state index contributed by atoms with van der Waals surface area (Å²) in [6.07, 6.45) is -0.0358. The summed E-state index contributed by atoms with van der Waals surface area (Å²) < 4.78 is 33.0. The lowest BCUT2D eigenvalue weighted by atomic mass is 10.1. The van der Waals surface area contributed by atoms with E-state index in [1.54, 1.807) is 6.92 Å². The van der Waals surface area contributed by atoms with Gasteiger partial charge in [-0.15, -0.1) is 0 Å². The van der Waals surface area contributed by atoms with E-state index in [9.17, 15) is 13.2 Å². The molecule has 1 rings (SSSR count). The zero-order valence-corrected chi connectivity index (χ0v) is 11.6. The Hall–Kier alpha value is -1.60. The number of rotatable bonds is 6. The second kappa shape index (κ2) is 6.53. The van der Waals surface area contributed by atoms with Crippen LogP contribution in [0.25, 0.3) is 0 Å². The lowest BCUT2D eigenvalue weighted by Crippen LogP contribution is -2.19. The molecule has 6 nitrogen and oxygen atoms in total. The molecule has 0 aliphatic heterocycles. The first-order valence-electron chi connectivity index (χ1n) is 5.70. The monoisotopic (exact) mass is 287 g/mol. The third-order valence-electron chi connectivity index (χ3n) is 2.47. The van der Waals surface area contributed by atoms with Gasteiger partial charge in [0, 0.05) is 0 Å². The van der Waals surface area contributed by atoms with E-state index in [2.05, 4.69) is 4.18 Å². The SMILES string of the molecule is COc1ccc(S(=O)(=O)OC(=O)CC(C)CN)cc1. The molecule has 1 atom stereocenters. The van der Waals surface area contributed by atoms with Gasteiger partial charge in [0.05, 0.1) is 13.5 Å². The molecule has 1 aromatic rings. The number of nitrogens with two attached hydrogens (primary N) is 1. The Morgan fingerprint density at radius 3 is 2.37 bits per heavy atom. The Morgan fingerprint density at radius 1 is 1.32 bits per heavy atom. The number of hydrogen-bond acceptors (Lipinski definition) is 6. The lowest BCUT2D eigenvalue weighted by Gasteiger charge is -2.09. The van der Waals surface area contributed by atoms with E-state index in [1.165, 1.54) is 31.4 Å². The van der Waals surface area contributed by atoms with Gasteiger partial charge in [0.2, 0.25) is 0 Å². The molecule has 0 heterocycles. The quantitative estimate of drug-likeness (QED) is 0.781. The van der Waals surface area contributed by atoms with Crippen molar-refractivity contribution < 1.29 is 22.1 Å². The predicted molar refractivity (Wildman–Crippen MR) is 69.1 cm³/mol. The van der Waals surface area contributed by atoms with Gasteiger partial charge in [-0.25, -0.2) is 0 Å². The first-order valence-corrected chi connectivity index (χ1v) is 7.11. The van der Waals surface area contributed by atoms with Crippen molar-refractivity contribution in [3.63, 3.8) is 0 Å². The van der Waals surface area contributed by atoms with Crippen LogP contribution in [0.15, 0.2) is 29.2 Å². The third kappa shape index (κ3) is 4.53. The number of ether oxygens (including phenoxy) is 1. The molecule has 0 bridgehead atoms. The van der Waals surface area contributed by atoms with Gasteiger partial charge in [0.25, 0.3) is 0 Å². The molecule has 0 radical (unpaired) electrons. The first kappa shape index (κ1) is 15.5. The highest BCUT2D eigenvalue weighted by Crippen LogP contribution is 2.18. The maximum Gasteiger partial charge on any atom is 0.341 e. The fourth-order valence-corrected chi connectivity index (χ4v) is 2.19. The standard InChI is InChI=1S/C12H17NO5S/c1-9(8-13)7-12(14)18-19(15,16)11-5-3-10(17-2)4-6-11/h3-6,9H,7-8,13H2,1-2H3. The van der Waals surface area contributed by atoms with Crippen LogP contribution in [0.1, 0.15) is 13.3 Å². The van der Waals surface area contributed by atoms with Crippen LogP contribution in [0.3, 0.4) is 0 Å². The number of methoxy groups -OCH3 is 1. The van der Waals surface area contributed by atoms with Crippen molar-refractivity contribution in [2.24, 2.45) is 11.7 Å². The smallest absolute Gasteiger partial charge is 0.341 e. The van der Waals surface area contributed by atoms with Crippen molar-refractivity contribution in [1.29, 1.82) is 0 Å². The van der Waals surface area contributed by atoms with Gasteiger partial charge in [-0.05, 0) is 36.7 Å². The van der Waals surface area contributed by atoms with E-state index in [0.717, 1.165) is 0 Å². The van der Waals surface area contributed by atoms with Crippen LogP contribution in [0.2, 0.25) is 0 Å². The van der Waals surface area contributed by atoms with Crippen LogP contribution in [-0.2, 0) is 19.1 Å². The average molecular weight is 287 g/mol. The van der Waals surface area contributed by atoms with E-state index in [-0.39, 0.29) is 23.8 Å². The number of benzene rings is 1. The molecule has 0 aliphatic carbocycles. The van der Waals surface area contributed by atoms with Crippen molar-refractivity contribution >= 4 is 16.1 Å². The Labute approximate surface area is 112 Å². The summed E-state index contributed by atoms with van der Waals surface area (Å²) >= 11 is 0. The minimum absolute atomic E-state index is 0.0358. The molecule has 0 fully saturated rings. The lowest BCUT2D eigenvalue weighted by molar-refractivity contribution is -0.134. The maximum absolute atomic E-state index is 11.8. The van der Waals surface area contributed by atoms with Gasteiger partial charge in [-0.2, -0.15) is 8.42 Å². The highest BCUT2D eigenvalue weighted by Gasteiger charge is 2.21. The normalized spacial score (nSPS) is 12.8. The molecule has 0 spiro atoms. The molecule has 1 unspecified atom stereocenters. The first-order chi connectivity index (χ1) is 8.89. The highest BCUT2D eigenvalue weighted by atomic mass is 32.2. The number of carbonyl (C=O) groups excluding carboxylic acids is 1. The molecule has 0 saturated carbocycles. The number of hydrogen-bond donors (Lipinski definition) is 1. The van der Waals surface area contributed by atoms with E-state index in [1.807, 2.05) is 0 Å². The van der Waals surface area contributed by atoms with Crippen LogP contribution in [0, 0.1) is 5.92 Å². The minimum atomic E-state index is -4.08. The van der Waals surface area contributed by atoms with E-state index in [4.69, 9.17) is 10.5 Å². The van der Waals surface area contributed by atoms with Crippen LogP contribution >= 0.6 is 0 Å². The van der Waals surface area contributed by atoms with Crippen molar-refractivity contribution in [3.05, 3.63) is 24.3 Å². The van der Waals surface area contributed by atoms with Crippen molar-refractivity contribution in [1.82, 2.24) is 0 Å². The molecule has 19 heavy (non-hydrogen) atoms. The Kier molecular flexibility index (Phi) is 5.31. The largest absolute Gasteiger partial charge is 0.497 e. The van der Waals surface area contributed by atoms with E-state index in [0.29, 0.717) is 5.75 Å². The summed E-state index contributed by atoms with van der Waals surface area (Å²) in [6, 6.07) is 5.58. The molecule has 0 saturated heterocycles. The van der Waals surface area contributed by atoms with E-state index < -0.39 is 16.1 Å². The Bertz CT molecular complexity index is 524. The summed E-state index contributed by atoms with van der Waals surface area (Å²) in [4.78, 5) is 11.3. The molecule has 0 aromatic heterocycles. The molecule has 1 aromatic carbocycles. The summed E-state index contributed by atoms with van der Waals surface area (Å²) in [5.41, 5.74) is 5.36. The summed E-state index contributed by atoms with van der Waals surface area (Å²) in [5.74, 6) is -0.422. The Balaban J connectivity index is 2.77. The summed E-state index contributed by atoms with van der Waals surface area (Å²) in [7, 11) is -2.61. The van der Waals surface area contributed by atoms with Crippen LogP contribution in [0.4, 0.5) is 0 Å². The molecule has 0 amide bonds. The van der Waals surface area contributed by atoms with Crippen LogP contribution in [0.5, 0.6) is 5.75 Å². The van der Waals surface area contributed by atoms with Crippen LogP contribution < -0.4 is 10.5 Å². The minimum Gasteiger partial charge on any atom is -0.497 e. The second-order valence-corrected chi connectivity index (χ2v) is 5.68. The van der Waals surface area contributed by atoms with Crippen molar-refractivity contribution in [2.75, 3.05) is 13.7 Å². The summed E-state index contributed by atoms with van der Waals surface area (Å²) in [6.45, 7) is 2.03. The second-order valence-electron chi connectivity index (χ2n) is 4.13. The third-order valence-corrected chi connectivity index (χ3v) is 3.72. The maximum atomic E-state index is 11.8. The zero-order chi connectivity index (χ0) is 14.5. The van der Waals surface area contributed by atoms with Crippen LogP contribution in [-0.4, -0.2) is 28.0 Å². The van der Waals surface area contributed by atoms with Gasteiger partial charge in [0.15, 0.2) is 0 Å². The van der Waals surface area contributed by atoms with Crippen molar-refractivity contribution in [2.45, 2.75) is 18.2 Å². The molecule has 2 N–H and O–H groups in total. The number of carbonyl (C=O) groups is 1. The highest BCUT2D eigenvalue weighted by molar-refractivity contribution is 7.87. The van der Waals surface area contributed by atoms with Gasteiger partial charge >= 0.3 is 16.1 Å².